The van der Waals surface area contributed by atoms with Gasteiger partial charge in [0.25, 0.3) is 0 Å². The summed E-state index contributed by atoms with van der Waals surface area (Å²) >= 11 is 0. The molecule has 1 aliphatic heterocycles. The first-order valence-electron chi connectivity index (χ1n) is 11.4. The van der Waals surface area contributed by atoms with Crippen LogP contribution in [-0.2, 0) is 14.8 Å². The Kier molecular flexibility index (Phi) is 8.43. The van der Waals surface area contributed by atoms with Gasteiger partial charge in [-0.05, 0) is 63.4 Å². The van der Waals surface area contributed by atoms with Crippen LogP contribution in [0, 0.1) is 5.92 Å². The molecule has 0 saturated carbocycles. The summed E-state index contributed by atoms with van der Waals surface area (Å²) in [4.78, 5) is 13.0. The lowest BCUT2D eigenvalue weighted by molar-refractivity contribution is -0.126. The van der Waals surface area contributed by atoms with Gasteiger partial charge < -0.3 is 19.5 Å². The second-order valence-electron chi connectivity index (χ2n) is 8.66. The lowest BCUT2D eigenvalue weighted by Gasteiger charge is -2.31. The van der Waals surface area contributed by atoms with Crippen molar-refractivity contribution in [2.24, 2.45) is 5.92 Å². The highest BCUT2D eigenvalue weighted by atomic mass is 32.2. The third-order valence-corrected chi connectivity index (χ3v) is 7.82. The molecule has 2 aromatic carbocycles. The Balaban J connectivity index is 1.58. The molecule has 1 heterocycles. The van der Waals surface area contributed by atoms with E-state index >= 15 is 0 Å². The Bertz CT molecular complexity index is 1080. The average Bonchev–Trinajstić information content (AvgIpc) is 2.83. The maximum Gasteiger partial charge on any atom is 0.243 e. The minimum absolute atomic E-state index is 0.0572. The number of hydrogen-bond acceptors (Lipinski definition) is 6. The van der Waals surface area contributed by atoms with E-state index in [4.69, 9.17) is 14.2 Å². The van der Waals surface area contributed by atoms with Crippen LogP contribution in [0.2, 0.25) is 0 Å². The van der Waals surface area contributed by atoms with E-state index in [1.807, 2.05) is 45.0 Å². The third kappa shape index (κ3) is 6.01. The maximum absolute atomic E-state index is 13.1. The molecule has 0 bridgehead atoms. The van der Waals surface area contributed by atoms with Crippen molar-refractivity contribution in [3.63, 3.8) is 0 Å². The van der Waals surface area contributed by atoms with Crippen molar-refractivity contribution in [1.29, 1.82) is 0 Å². The largest absolute Gasteiger partial charge is 0.493 e. The van der Waals surface area contributed by atoms with Gasteiger partial charge in [0.2, 0.25) is 15.9 Å². The smallest absolute Gasteiger partial charge is 0.243 e. The van der Waals surface area contributed by atoms with Crippen LogP contribution in [0.5, 0.6) is 17.2 Å². The number of carbonyl (C=O) groups excluding carboxylic acids is 1. The quantitative estimate of drug-likeness (QED) is 0.575. The van der Waals surface area contributed by atoms with Gasteiger partial charge >= 0.3 is 0 Å². The van der Waals surface area contributed by atoms with Gasteiger partial charge in [-0.3, -0.25) is 4.79 Å². The van der Waals surface area contributed by atoms with E-state index < -0.39 is 10.0 Å². The molecule has 1 saturated heterocycles. The van der Waals surface area contributed by atoms with E-state index in [0.717, 1.165) is 11.3 Å². The zero-order valence-electron chi connectivity index (χ0n) is 20.4. The Morgan fingerprint density at radius 3 is 2.15 bits per heavy atom. The number of nitrogens with one attached hydrogen (secondary N) is 1. The summed E-state index contributed by atoms with van der Waals surface area (Å²) in [6.45, 7) is 6.45. The monoisotopic (exact) mass is 490 g/mol. The molecular formula is C25H34N2O6S. The minimum atomic E-state index is -3.69. The van der Waals surface area contributed by atoms with E-state index in [9.17, 15) is 13.2 Å². The highest BCUT2D eigenvalue weighted by Crippen LogP contribution is 2.32. The topological polar surface area (TPSA) is 94.2 Å². The molecule has 1 aliphatic rings. The first kappa shape index (κ1) is 25.8. The van der Waals surface area contributed by atoms with Crippen LogP contribution in [0.4, 0.5) is 0 Å². The molecule has 1 amide bonds. The summed E-state index contributed by atoms with van der Waals surface area (Å²) in [6.07, 6.45) is 1.03. The molecule has 1 unspecified atom stereocenters. The lowest BCUT2D eigenvalue weighted by Crippen LogP contribution is -2.43. The summed E-state index contributed by atoms with van der Waals surface area (Å²) < 4.78 is 43.7. The zero-order valence-corrected chi connectivity index (χ0v) is 21.2. The van der Waals surface area contributed by atoms with Crippen LogP contribution in [0.25, 0.3) is 0 Å². The van der Waals surface area contributed by atoms with Crippen molar-refractivity contribution in [1.82, 2.24) is 9.62 Å². The highest BCUT2D eigenvalue weighted by Gasteiger charge is 2.33. The standard InChI is InChI=1S/C25H34N2O6S/c1-17(2)33-21-8-6-19(7-9-21)18(3)26-25(28)20-12-14-27(15-13-20)34(29,30)22-10-11-23(31-4)24(16-22)32-5/h6-11,16-18,20H,12-15H2,1-5H3,(H,26,28). The Labute approximate surface area is 202 Å². The number of hydrogen-bond donors (Lipinski definition) is 1. The molecule has 1 N–H and O–H groups in total. The fourth-order valence-corrected chi connectivity index (χ4v) is 5.49. The molecule has 34 heavy (non-hydrogen) atoms. The maximum atomic E-state index is 13.1. The number of ether oxygens (including phenoxy) is 3. The van der Waals surface area contributed by atoms with Gasteiger partial charge in [0.05, 0.1) is 31.3 Å². The fourth-order valence-electron chi connectivity index (χ4n) is 4.01. The second kappa shape index (κ2) is 11.1. The van der Waals surface area contributed by atoms with Crippen LogP contribution in [0.15, 0.2) is 47.4 Å². The van der Waals surface area contributed by atoms with Gasteiger partial charge in [0.15, 0.2) is 11.5 Å². The first-order chi connectivity index (χ1) is 16.1. The second-order valence-corrected chi connectivity index (χ2v) is 10.6. The van der Waals surface area contributed by atoms with Gasteiger partial charge in [0, 0.05) is 25.1 Å². The molecule has 8 nitrogen and oxygen atoms in total. The van der Waals surface area contributed by atoms with Gasteiger partial charge in [-0.2, -0.15) is 4.31 Å². The number of rotatable bonds is 9. The van der Waals surface area contributed by atoms with Crippen molar-refractivity contribution in [3.8, 4) is 17.2 Å². The molecule has 1 fully saturated rings. The molecule has 0 aliphatic carbocycles. The number of benzene rings is 2. The van der Waals surface area contributed by atoms with Crippen LogP contribution in [0.3, 0.4) is 0 Å². The molecule has 2 aromatic rings. The molecule has 186 valence electrons. The predicted molar refractivity (Wildman–Crippen MR) is 130 cm³/mol. The normalized spacial score (nSPS) is 16.2. The summed E-state index contributed by atoms with van der Waals surface area (Å²) in [5, 5.41) is 3.06. The number of carbonyl (C=O) groups is 1. The van der Waals surface area contributed by atoms with Crippen molar-refractivity contribution in [2.75, 3.05) is 27.3 Å². The van der Waals surface area contributed by atoms with E-state index in [1.54, 1.807) is 6.07 Å². The predicted octanol–water partition coefficient (Wildman–Crippen LogP) is 3.77. The molecule has 0 spiro atoms. The van der Waals surface area contributed by atoms with E-state index in [0.29, 0.717) is 24.3 Å². The SMILES string of the molecule is COc1ccc(S(=O)(=O)N2CCC(C(=O)NC(C)c3ccc(OC(C)C)cc3)CC2)cc1OC. The Hall–Kier alpha value is -2.78. The highest BCUT2D eigenvalue weighted by molar-refractivity contribution is 7.89. The molecular weight excluding hydrogens is 456 g/mol. The van der Waals surface area contributed by atoms with E-state index in [-0.39, 0.29) is 42.0 Å². The van der Waals surface area contributed by atoms with Gasteiger partial charge in [-0.25, -0.2) is 8.42 Å². The van der Waals surface area contributed by atoms with Crippen LogP contribution in [0.1, 0.15) is 45.2 Å². The summed E-state index contributed by atoms with van der Waals surface area (Å²) in [5.74, 6) is 1.32. The van der Waals surface area contributed by atoms with Crippen molar-refractivity contribution < 1.29 is 27.4 Å². The Morgan fingerprint density at radius 1 is 0.971 bits per heavy atom. The van der Waals surface area contributed by atoms with Crippen molar-refractivity contribution >= 4 is 15.9 Å². The average molecular weight is 491 g/mol. The van der Waals surface area contributed by atoms with Gasteiger partial charge in [-0.1, -0.05) is 12.1 Å². The van der Waals surface area contributed by atoms with Crippen molar-refractivity contribution in [2.45, 2.75) is 50.7 Å². The summed E-state index contributed by atoms with van der Waals surface area (Å²) in [7, 11) is -0.729. The fraction of sp³-hybridized carbons (Fsp3) is 0.480. The van der Waals surface area contributed by atoms with Crippen LogP contribution in [-0.4, -0.2) is 52.0 Å². The molecule has 3 rings (SSSR count). The summed E-state index contributed by atoms with van der Waals surface area (Å²) in [5.41, 5.74) is 0.984. The summed E-state index contributed by atoms with van der Waals surface area (Å²) in [6, 6.07) is 12.1. The third-order valence-electron chi connectivity index (χ3n) is 5.93. The number of nitrogens with zero attached hydrogens (tertiary/aromatic N) is 1. The number of piperidine rings is 1. The van der Waals surface area contributed by atoms with Crippen LogP contribution >= 0.6 is 0 Å². The van der Waals surface area contributed by atoms with E-state index in [1.165, 1.54) is 30.7 Å². The number of amides is 1. The minimum Gasteiger partial charge on any atom is -0.493 e. The molecule has 0 aromatic heterocycles. The molecule has 0 radical (unpaired) electrons. The molecule has 9 heteroatoms. The molecule has 1 atom stereocenters. The lowest BCUT2D eigenvalue weighted by atomic mass is 9.96. The first-order valence-corrected chi connectivity index (χ1v) is 12.9. The van der Waals surface area contributed by atoms with Gasteiger partial charge in [-0.15, -0.1) is 0 Å². The van der Waals surface area contributed by atoms with Gasteiger partial charge in [0.1, 0.15) is 5.75 Å². The van der Waals surface area contributed by atoms with Crippen LogP contribution < -0.4 is 19.5 Å². The Morgan fingerprint density at radius 2 is 1.59 bits per heavy atom. The number of methoxy groups -OCH3 is 2. The zero-order chi connectivity index (χ0) is 24.9. The van der Waals surface area contributed by atoms with E-state index in [2.05, 4.69) is 5.32 Å². The van der Waals surface area contributed by atoms with Crippen molar-refractivity contribution in [3.05, 3.63) is 48.0 Å². The number of sulfonamides is 1.